The second kappa shape index (κ2) is 8.15. The molecule has 0 saturated heterocycles. The molecular weight excluding hydrogens is 352 g/mol. The van der Waals surface area contributed by atoms with Crippen LogP contribution >= 0.6 is 15.9 Å². The van der Waals surface area contributed by atoms with Crippen molar-refractivity contribution < 1.29 is 8.42 Å². The van der Waals surface area contributed by atoms with Crippen LogP contribution in [-0.2, 0) is 10.0 Å². The Hall–Kier alpha value is -0.590. The summed E-state index contributed by atoms with van der Waals surface area (Å²) in [5, 5.41) is 0. The largest absolute Gasteiger partial charge is 0.398 e. The lowest BCUT2D eigenvalue weighted by Crippen LogP contribution is -2.35. The van der Waals surface area contributed by atoms with Gasteiger partial charge in [0.05, 0.1) is 4.90 Å². The van der Waals surface area contributed by atoms with Gasteiger partial charge >= 0.3 is 0 Å². The maximum Gasteiger partial charge on any atom is 0.241 e. The highest BCUT2D eigenvalue weighted by Gasteiger charge is 2.22. The van der Waals surface area contributed by atoms with E-state index in [4.69, 9.17) is 5.73 Å². The highest BCUT2D eigenvalue weighted by Crippen LogP contribution is 2.26. The minimum atomic E-state index is -3.55. The van der Waals surface area contributed by atoms with Crippen molar-refractivity contribution in [2.24, 2.45) is 0 Å². The van der Waals surface area contributed by atoms with Gasteiger partial charge in [0.15, 0.2) is 0 Å². The molecule has 21 heavy (non-hydrogen) atoms. The molecule has 4 nitrogen and oxygen atoms in total. The summed E-state index contributed by atoms with van der Waals surface area (Å²) in [5.41, 5.74) is 6.94. The zero-order valence-electron chi connectivity index (χ0n) is 12.9. The maximum atomic E-state index is 12.6. The zero-order valence-corrected chi connectivity index (χ0v) is 15.4. The number of hydrogen-bond acceptors (Lipinski definition) is 3. The van der Waals surface area contributed by atoms with E-state index in [-0.39, 0.29) is 10.9 Å². The van der Waals surface area contributed by atoms with E-state index in [1.807, 2.05) is 0 Å². The fourth-order valence-electron chi connectivity index (χ4n) is 2.30. The molecule has 6 heteroatoms. The van der Waals surface area contributed by atoms with Crippen molar-refractivity contribution in [3.63, 3.8) is 0 Å². The van der Waals surface area contributed by atoms with Crippen molar-refractivity contribution in [1.82, 2.24) is 4.72 Å². The van der Waals surface area contributed by atoms with Gasteiger partial charge in [0.25, 0.3) is 0 Å². The van der Waals surface area contributed by atoms with E-state index < -0.39 is 10.0 Å². The quantitative estimate of drug-likeness (QED) is 0.673. The predicted octanol–water partition coefficient (Wildman–Crippen LogP) is 3.98. The van der Waals surface area contributed by atoms with E-state index in [1.54, 1.807) is 19.1 Å². The van der Waals surface area contributed by atoms with Gasteiger partial charge in [0.1, 0.15) is 0 Å². The zero-order chi connectivity index (χ0) is 16.0. The topological polar surface area (TPSA) is 72.2 Å². The molecule has 0 aromatic heterocycles. The van der Waals surface area contributed by atoms with Gasteiger partial charge in [0.2, 0.25) is 10.0 Å². The first-order valence-corrected chi connectivity index (χ1v) is 9.67. The fraction of sp³-hybridized carbons (Fsp3) is 0.600. The van der Waals surface area contributed by atoms with E-state index in [0.717, 1.165) is 32.1 Å². The highest BCUT2D eigenvalue weighted by atomic mass is 79.9. The molecule has 1 atom stereocenters. The van der Waals surface area contributed by atoms with Crippen molar-refractivity contribution in [1.29, 1.82) is 0 Å². The first-order chi connectivity index (χ1) is 9.81. The Balaban J connectivity index is 3.04. The number of nitrogens with one attached hydrogen (secondary N) is 1. The first-order valence-electron chi connectivity index (χ1n) is 7.39. The monoisotopic (exact) mass is 376 g/mol. The van der Waals surface area contributed by atoms with Crippen molar-refractivity contribution >= 4 is 31.6 Å². The van der Waals surface area contributed by atoms with E-state index in [9.17, 15) is 8.42 Å². The fourth-order valence-corrected chi connectivity index (χ4v) is 4.53. The van der Waals surface area contributed by atoms with Gasteiger partial charge in [-0.3, -0.25) is 0 Å². The van der Waals surface area contributed by atoms with E-state index in [1.165, 1.54) is 0 Å². The van der Waals surface area contributed by atoms with Crippen molar-refractivity contribution in [2.45, 2.75) is 63.8 Å². The first kappa shape index (κ1) is 18.5. The number of nitrogens with two attached hydrogens (primary N) is 1. The Morgan fingerprint density at radius 1 is 1.24 bits per heavy atom. The third kappa shape index (κ3) is 5.27. The number of rotatable bonds is 8. The van der Waals surface area contributed by atoms with Gasteiger partial charge < -0.3 is 5.73 Å². The third-order valence-electron chi connectivity index (χ3n) is 3.52. The highest BCUT2D eigenvalue weighted by molar-refractivity contribution is 9.10. The molecule has 1 rings (SSSR count). The van der Waals surface area contributed by atoms with Gasteiger partial charge in [-0.2, -0.15) is 0 Å². The minimum absolute atomic E-state index is 0.0143. The molecule has 0 bridgehead atoms. The Kier molecular flexibility index (Phi) is 7.16. The molecule has 1 aromatic rings. The number of sulfonamides is 1. The Morgan fingerprint density at radius 3 is 2.48 bits per heavy atom. The second-order valence-corrected chi connectivity index (χ2v) is 7.97. The lowest BCUT2D eigenvalue weighted by molar-refractivity contribution is 0.483. The average Bonchev–Trinajstić information content (AvgIpc) is 2.40. The lowest BCUT2D eigenvalue weighted by Gasteiger charge is -2.19. The number of nitrogen functional groups attached to an aromatic ring is 1. The normalized spacial score (nSPS) is 13.3. The molecular formula is C15H25BrN2O2S. The van der Waals surface area contributed by atoms with Crippen LogP contribution in [0.25, 0.3) is 0 Å². The predicted molar refractivity (Wildman–Crippen MR) is 91.8 cm³/mol. The van der Waals surface area contributed by atoms with Crippen LogP contribution in [0.15, 0.2) is 21.5 Å². The summed E-state index contributed by atoms with van der Waals surface area (Å²) in [6.45, 7) is 5.91. The number of anilines is 1. The Bertz CT molecular complexity index is 573. The molecule has 1 aromatic carbocycles. The summed E-state index contributed by atoms with van der Waals surface area (Å²) in [7, 11) is -3.55. The summed E-state index contributed by atoms with van der Waals surface area (Å²) in [5.74, 6) is 0. The standard InChI is InChI=1S/C15H25BrN2O2S/c1-4-6-8-13(7-5-2)18-21(19,20)15-10-12(16)9-14(17)11(15)3/h9-10,13,18H,4-8,17H2,1-3H3. The maximum absolute atomic E-state index is 12.6. The Labute approximate surface area is 136 Å². The summed E-state index contributed by atoms with van der Waals surface area (Å²) < 4.78 is 28.7. The Morgan fingerprint density at radius 2 is 1.90 bits per heavy atom. The van der Waals surface area contributed by atoms with Crippen molar-refractivity contribution in [2.75, 3.05) is 5.73 Å². The van der Waals surface area contributed by atoms with Crippen molar-refractivity contribution in [3.05, 3.63) is 22.2 Å². The van der Waals surface area contributed by atoms with Crippen LogP contribution in [0, 0.1) is 6.92 Å². The van der Waals surface area contributed by atoms with Crippen molar-refractivity contribution in [3.8, 4) is 0 Å². The molecule has 0 aliphatic heterocycles. The molecule has 1 unspecified atom stereocenters. The second-order valence-electron chi connectivity index (χ2n) is 5.37. The van der Waals surface area contributed by atoms with Crippen LogP contribution in [0.4, 0.5) is 5.69 Å². The molecule has 3 N–H and O–H groups in total. The summed E-state index contributed by atoms with van der Waals surface area (Å²) in [4.78, 5) is 0.256. The van der Waals surface area contributed by atoms with Gasteiger partial charge in [-0.1, -0.05) is 49.0 Å². The smallest absolute Gasteiger partial charge is 0.241 e. The lowest BCUT2D eigenvalue weighted by atomic mass is 10.1. The third-order valence-corrected chi connectivity index (χ3v) is 5.62. The molecule has 0 radical (unpaired) electrons. The molecule has 0 aliphatic carbocycles. The van der Waals surface area contributed by atoms with Gasteiger partial charge in [-0.15, -0.1) is 0 Å². The average molecular weight is 377 g/mol. The summed E-state index contributed by atoms with van der Waals surface area (Å²) >= 11 is 3.31. The van der Waals surface area contributed by atoms with E-state index in [0.29, 0.717) is 15.7 Å². The molecule has 0 heterocycles. The number of unbranched alkanes of at least 4 members (excludes halogenated alkanes) is 1. The molecule has 0 spiro atoms. The minimum Gasteiger partial charge on any atom is -0.398 e. The number of hydrogen-bond donors (Lipinski definition) is 2. The molecule has 120 valence electrons. The molecule has 0 fully saturated rings. The van der Waals surface area contributed by atoms with Crippen LogP contribution in [-0.4, -0.2) is 14.5 Å². The molecule has 0 aliphatic rings. The number of benzene rings is 1. The van der Waals surface area contributed by atoms with Gasteiger partial charge in [-0.05, 0) is 37.5 Å². The van der Waals surface area contributed by atoms with Crippen LogP contribution < -0.4 is 10.5 Å². The summed E-state index contributed by atoms with van der Waals surface area (Å²) in [6.07, 6.45) is 4.75. The number of halogens is 1. The molecule has 0 amide bonds. The van der Waals surface area contributed by atoms with Crippen LogP contribution in [0.3, 0.4) is 0 Å². The van der Waals surface area contributed by atoms with Crippen LogP contribution in [0.2, 0.25) is 0 Å². The summed E-state index contributed by atoms with van der Waals surface area (Å²) in [6, 6.07) is 3.31. The molecule has 0 saturated carbocycles. The SMILES string of the molecule is CCCCC(CCC)NS(=O)(=O)c1cc(Br)cc(N)c1C. The van der Waals surface area contributed by atoms with Gasteiger partial charge in [0, 0.05) is 16.2 Å². The van der Waals surface area contributed by atoms with Gasteiger partial charge in [-0.25, -0.2) is 13.1 Å². The van der Waals surface area contributed by atoms with Crippen LogP contribution in [0.5, 0.6) is 0 Å². The van der Waals surface area contributed by atoms with Crippen LogP contribution in [0.1, 0.15) is 51.5 Å². The van der Waals surface area contributed by atoms with E-state index >= 15 is 0 Å². The van der Waals surface area contributed by atoms with E-state index in [2.05, 4.69) is 34.5 Å².